The minimum atomic E-state index is -0.199. The van der Waals surface area contributed by atoms with E-state index < -0.39 is 0 Å². The summed E-state index contributed by atoms with van der Waals surface area (Å²) in [6, 6.07) is 6.57. The number of benzene rings is 1. The van der Waals surface area contributed by atoms with Crippen LogP contribution in [0, 0.1) is 58.1 Å². The van der Waals surface area contributed by atoms with Crippen LogP contribution in [0.5, 0.6) is 0 Å². The average Bonchev–Trinajstić information content (AvgIpc) is 3.20. The Labute approximate surface area is 217 Å². The molecule has 2 nitrogen and oxygen atoms in total. The summed E-state index contributed by atoms with van der Waals surface area (Å²) in [5.74, 6) is 5.43. The van der Waals surface area contributed by atoms with Gasteiger partial charge in [-0.25, -0.2) is 4.39 Å². The largest absolute Gasteiger partial charge is 0.393 e. The molecule has 0 bridgehead atoms. The zero-order chi connectivity index (χ0) is 24.8. The van der Waals surface area contributed by atoms with Gasteiger partial charge in [0.05, 0.1) is 12.7 Å². The highest BCUT2D eigenvalue weighted by Crippen LogP contribution is 2.69. The van der Waals surface area contributed by atoms with Crippen molar-refractivity contribution in [1.29, 1.82) is 0 Å². The van der Waals surface area contributed by atoms with Gasteiger partial charge in [-0.1, -0.05) is 34.1 Å². The molecule has 1 N–H and O–H groups in total. The zero-order valence-electron chi connectivity index (χ0n) is 22.3. The molecule has 0 aromatic heterocycles. The second-order valence-electron chi connectivity index (χ2n) is 13.2. The van der Waals surface area contributed by atoms with Gasteiger partial charge in [0.2, 0.25) is 0 Å². The number of rotatable bonds is 7. The van der Waals surface area contributed by atoms with Crippen LogP contribution in [0.2, 0.25) is 0 Å². The molecule has 0 spiro atoms. The molecule has 0 aliphatic heterocycles. The maximum absolute atomic E-state index is 13.1. The summed E-state index contributed by atoms with van der Waals surface area (Å²) in [5.41, 5.74) is 0.916. The lowest BCUT2D eigenvalue weighted by Crippen LogP contribution is -2.56. The lowest BCUT2D eigenvalue weighted by atomic mass is 9.42. The van der Waals surface area contributed by atoms with Crippen LogP contribution in [0.1, 0.15) is 91.9 Å². The number of hydrogen-bond donors (Lipinski definition) is 1. The summed E-state index contributed by atoms with van der Waals surface area (Å²) in [4.78, 5) is 0.968. The number of aliphatic hydroxyl groups is 1. The van der Waals surface area contributed by atoms with E-state index in [1.165, 1.54) is 69.1 Å². The molecule has 4 aliphatic carbocycles. The van der Waals surface area contributed by atoms with Gasteiger partial charge in [0, 0.05) is 16.9 Å². The van der Waals surface area contributed by atoms with E-state index in [4.69, 9.17) is 4.18 Å². The molecule has 0 amide bonds. The molecule has 1 aromatic rings. The lowest BCUT2D eigenvalue weighted by Gasteiger charge is -2.63. The van der Waals surface area contributed by atoms with E-state index in [2.05, 4.69) is 27.7 Å². The van der Waals surface area contributed by atoms with E-state index in [0.717, 1.165) is 66.3 Å². The molecule has 4 fully saturated rings. The summed E-state index contributed by atoms with van der Waals surface area (Å²) in [5, 5.41) is 10.5. The van der Waals surface area contributed by atoms with Crippen LogP contribution in [0.3, 0.4) is 0 Å². The normalized spacial score (nSPS) is 43.8. The molecule has 196 valence electrons. The van der Waals surface area contributed by atoms with Gasteiger partial charge in [0.15, 0.2) is 0 Å². The van der Waals surface area contributed by atoms with Gasteiger partial charge in [-0.15, -0.1) is 0 Å². The Balaban J connectivity index is 1.22. The Bertz CT molecular complexity index is 860. The van der Waals surface area contributed by atoms with Crippen molar-refractivity contribution >= 4 is 12.0 Å². The Morgan fingerprint density at radius 1 is 1.00 bits per heavy atom. The van der Waals surface area contributed by atoms with Crippen molar-refractivity contribution in [3.05, 3.63) is 30.1 Å². The highest BCUT2D eigenvalue weighted by Gasteiger charge is 2.62. The second-order valence-corrected chi connectivity index (χ2v) is 14.0. The smallest absolute Gasteiger partial charge is 0.123 e. The standard InChI is InChI=1S/C31H47FO2S/c1-5-21-18-25-27-11-10-26(20(2)14-17-34-35-24-8-6-22(32)7-9-24)30(27,3)16-13-28(25)31(4)15-12-23(33)19-29(21)31/h6-9,20-21,23,25-29,33H,5,10-19H2,1-4H3/t20-,21+,23-,25?,26-,27?,28+,29?,30?,31?/m1/s1. The van der Waals surface area contributed by atoms with Crippen LogP contribution < -0.4 is 0 Å². The first-order chi connectivity index (χ1) is 16.8. The van der Waals surface area contributed by atoms with Crippen molar-refractivity contribution in [3.63, 3.8) is 0 Å². The van der Waals surface area contributed by atoms with Gasteiger partial charge in [0.1, 0.15) is 5.82 Å². The third kappa shape index (κ3) is 4.74. The van der Waals surface area contributed by atoms with Gasteiger partial charge < -0.3 is 9.29 Å². The molecule has 5 unspecified atom stereocenters. The Morgan fingerprint density at radius 3 is 2.46 bits per heavy atom. The first-order valence-corrected chi connectivity index (χ1v) is 15.2. The Hall–Kier alpha value is -0.580. The van der Waals surface area contributed by atoms with Crippen LogP contribution >= 0.6 is 12.0 Å². The van der Waals surface area contributed by atoms with Gasteiger partial charge >= 0.3 is 0 Å². The summed E-state index contributed by atoms with van der Waals surface area (Å²) >= 11 is 1.38. The molecular formula is C31H47FO2S. The van der Waals surface area contributed by atoms with Crippen molar-refractivity contribution in [2.24, 2.45) is 52.3 Å². The molecule has 4 heteroatoms. The summed E-state index contributed by atoms with van der Waals surface area (Å²) in [6.45, 7) is 10.9. The lowest BCUT2D eigenvalue weighted by molar-refractivity contribution is -0.152. The maximum Gasteiger partial charge on any atom is 0.123 e. The number of fused-ring (bicyclic) bond motifs is 5. The van der Waals surface area contributed by atoms with Crippen molar-refractivity contribution in [1.82, 2.24) is 0 Å². The monoisotopic (exact) mass is 502 g/mol. The molecular weight excluding hydrogens is 455 g/mol. The SMILES string of the molecule is CC[C@H]1CC2C3CC[C@H]([C@H](C)CCOSc4ccc(F)cc4)C3(C)CC[C@@H]2C2(C)CC[C@@H](O)CC12. The highest BCUT2D eigenvalue weighted by molar-refractivity contribution is 7.94. The predicted octanol–water partition coefficient (Wildman–Crippen LogP) is 8.53. The molecule has 0 radical (unpaired) electrons. The molecule has 0 heterocycles. The van der Waals surface area contributed by atoms with E-state index in [1.54, 1.807) is 12.1 Å². The van der Waals surface area contributed by atoms with Crippen LogP contribution in [-0.4, -0.2) is 17.8 Å². The number of hydrogen-bond acceptors (Lipinski definition) is 3. The fourth-order valence-corrected chi connectivity index (χ4v) is 10.5. The molecule has 0 saturated heterocycles. The van der Waals surface area contributed by atoms with E-state index in [-0.39, 0.29) is 11.9 Å². The fraction of sp³-hybridized carbons (Fsp3) is 0.806. The van der Waals surface area contributed by atoms with Crippen molar-refractivity contribution < 1.29 is 13.7 Å². The van der Waals surface area contributed by atoms with E-state index in [1.807, 2.05) is 0 Å². The van der Waals surface area contributed by atoms with Gasteiger partial charge in [-0.3, -0.25) is 0 Å². The maximum atomic E-state index is 13.1. The predicted molar refractivity (Wildman–Crippen MR) is 142 cm³/mol. The minimum Gasteiger partial charge on any atom is -0.393 e. The molecule has 1 aromatic carbocycles. The highest BCUT2D eigenvalue weighted by atomic mass is 32.2. The van der Waals surface area contributed by atoms with Gasteiger partial charge in [0.25, 0.3) is 0 Å². The third-order valence-corrected chi connectivity index (χ3v) is 12.5. The third-order valence-electron chi connectivity index (χ3n) is 11.7. The van der Waals surface area contributed by atoms with Gasteiger partial charge in [-0.2, -0.15) is 0 Å². The van der Waals surface area contributed by atoms with E-state index >= 15 is 0 Å². The van der Waals surface area contributed by atoms with Crippen molar-refractivity contribution in [3.8, 4) is 0 Å². The van der Waals surface area contributed by atoms with Crippen molar-refractivity contribution in [2.45, 2.75) is 103 Å². The molecule has 10 atom stereocenters. The average molecular weight is 503 g/mol. The van der Waals surface area contributed by atoms with Crippen LogP contribution in [0.15, 0.2) is 29.2 Å². The summed E-state index contributed by atoms with van der Waals surface area (Å²) in [7, 11) is 0. The Morgan fingerprint density at radius 2 is 1.71 bits per heavy atom. The second kappa shape index (κ2) is 10.3. The summed E-state index contributed by atoms with van der Waals surface area (Å²) < 4.78 is 19.1. The topological polar surface area (TPSA) is 29.5 Å². The van der Waals surface area contributed by atoms with Crippen LogP contribution in [-0.2, 0) is 4.18 Å². The first kappa shape index (κ1) is 26.0. The molecule has 4 saturated carbocycles. The molecule has 4 aliphatic rings. The quantitative estimate of drug-likeness (QED) is 0.299. The van der Waals surface area contributed by atoms with E-state index in [0.29, 0.717) is 16.7 Å². The first-order valence-electron chi connectivity index (χ1n) is 14.5. The van der Waals surface area contributed by atoms with E-state index in [9.17, 15) is 9.50 Å². The minimum absolute atomic E-state index is 0.0623. The van der Waals surface area contributed by atoms with Crippen LogP contribution in [0.25, 0.3) is 0 Å². The zero-order valence-corrected chi connectivity index (χ0v) is 23.2. The molecule has 5 rings (SSSR count). The van der Waals surface area contributed by atoms with Gasteiger partial charge in [-0.05, 0) is 134 Å². The summed E-state index contributed by atoms with van der Waals surface area (Å²) in [6.07, 6.45) is 12.6. The Kier molecular flexibility index (Phi) is 7.66. The number of aliphatic hydroxyl groups excluding tert-OH is 1. The number of halogens is 1. The fourth-order valence-electron chi connectivity index (χ4n) is 9.94. The molecule has 35 heavy (non-hydrogen) atoms. The van der Waals surface area contributed by atoms with Crippen molar-refractivity contribution in [2.75, 3.05) is 6.61 Å². The van der Waals surface area contributed by atoms with Crippen LogP contribution in [0.4, 0.5) is 4.39 Å².